The van der Waals surface area contributed by atoms with Gasteiger partial charge in [0.2, 0.25) is 0 Å². The minimum absolute atomic E-state index is 0.0490. The first-order valence-corrected chi connectivity index (χ1v) is 6.39. The van der Waals surface area contributed by atoms with E-state index < -0.39 is 21.8 Å². The van der Waals surface area contributed by atoms with Crippen molar-refractivity contribution in [3.05, 3.63) is 29.8 Å². The Hall–Kier alpha value is -1.40. The summed E-state index contributed by atoms with van der Waals surface area (Å²) in [7, 11) is -2.21. The van der Waals surface area contributed by atoms with Gasteiger partial charge in [0.25, 0.3) is 0 Å². The molecule has 88 valence electrons. The lowest BCUT2D eigenvalue weighted by molar-refractivity contribution is -0.142. The fraction of sp³-hybridized carbons (Fsp3) is 0.300. The van der Waals surface area contributed by atoms with E-state index in [1.54, 1.807) is 12.1 Å². The molecule has 1 atom stereocenters. The summed E-state index contributed by atoms with van der Waals surface area (Å²) in [4.78, 5) is 11.3. The summed E-state index contributed by atoms with van der Waals surface area (Å²) in [6, 6.07) is 5.01. The average Bonchev–Trinajstić information content (AvgIpc) is 2.26. The predicted molar refractivity (Wildman–Crippen MR) is 58.5 cm³/mol. The molecule has 0 fully saturated rings. The monoisotopic (exact) mass is 243 g/mol. The molecule has 0 radical (unpaired) electrons. The van der Waals surface area contributed by atoms with Gasteiger partial charge < -0.3 is 10.5 Å². The summed E-state index contributed by atoms with van der Waals surface area (Å²) in [6.07, 6.45) is 1.07. The second kappa shape index (κ2) is 4.63. The number of hydrogen-bond donors (Lipinski definition) is 1. The van der Waals surface area contributed by atoms with Gasteiger partial charge in [-0.3, -0.25) is 4.79 Å². The van der Waals surface area contributed by atoms with E-state index in [0.717, 1.165) is 6.26 Å². The van der Waals surface area contributed by atoms with E-state index >= 15 is 0 Å². The van der Waals surface area contributed by atoms with Crippen molar-refractivity contribution in [3.8, 4) is 0 Å². The van der Waals surface area contributed by atoms with Crippen molar-refractivity contribution in [1.29, 1.82) is 0 Å². The summed E-state index contributed by atoms with van der Waals surface area (Å²) in [5.74, 6) is -0.670. The van der Waals surface area contributed by atoms with Crippen molar-refractivity contribution in [3.63, 3.8) is 0 Å². The normalized spacial score (nSPS) is 13.2. The second-order valence-corrected chi connectivity index (χ2v) is 5.29. The highest BCUT2D eigenvalue weighted by Gasteiger charge is 2.23. The molecule has 1 rings (SSSR count). The number of benzene rings is 1. The number of carbonyl (C=O) groups excluding carboxylic acids is 1. The quantitative estimate of drug-likeness (QED) is 0.770. The van der Waals surface area contributed by atoms with Crippen molar-refractivity contribution in [2.24, 2.45) is 5.73 Å². The first kappa shape index (κ1) is 12.7. The van der Waals surface area contributed by atoms with Gasteiger partial charge in [-0.25, -0.2) is 8.42 Å². The Kier molecular flexibility index (Phi) is 3.66. The van der Waals surface area contributed by atoms with Gasteiger partial charge in [-0.1, -0.05) is 18.2 Å². The summed E-state index contributed by atoms with van der Waals surface area (Å²) in [5, 5.41) is 0. The Bertz CT molecular complexity index is 495. The SMILES string of the molecule is COC(=O)C(N)c1ccccc1S(C)(=O)=O. The highest BCUT2D eigenvalue weighted by atomic mass is 32.2. The summed E-state index contributed by atoms with van der Waals surface area (Å²) < 4.78 is 27.4. The van der Waals surface area contributed by atoms with Crippen LogP contribution in [-0.4, -0.2) is 27.8 Å². The summed E-state index contributed by atoms with van der Waals surface area (Å²) in [5.41, 5.74) is 5.85. The highest BCUT2D eigenvalue weighted by molar-refractivity contribution is 7.90. The third-order valence-electron chi connectivity index (χ3n) is 2.11. The zero-order chi connectivity index (χ0) is 12.3. The molecule has 0 aliphatic carbocycles. The molecule has 0 aliphatic heterocycles. The standard InChI is InChI=1S/C10H13NO4S/c1-15-10(12)9(11)7-5-3-4-6-8(7)16(2,13)14/h3-6,9H,11H2,1-2H3. The minimum Gasteiger partial charge on any atom is -0.468 e. The second-order valence-electron chi connectivity index (χ2n) is 3.31. The molecule has 16 heavy (non-hydrogen) atoms. The lowest BCUT2D eigenvalue weighted by atomic mass is 10.1. The van der Waals surface area contributed by atoms with Gasteiger partial charge in [0, 0.05) is 6.26 Å². The molecule has 0 bridgehead atoms. The number of rotatable bonds is 3. The third kappa shape index (κ3) is 2.59. The van der Waals surface area contributed by atoms with Crippen molar-refractivity contribution in [2.75, 3.05) is 13.4 Å². The predicted octanol–water partition coefficient (Wildman–Crippen LogP) is 0.263. The number of nitrogens with two attached hydrogens (primary N) is 1. The fourth-order valence-corrected chi connectivity index (χ4v) is 2.28. The maximum absolute atomic E-state index is 11.5. The fourth-order valence-electron chi connectivity index (χ4n) is 1.33. The van der Waals surface area contributed by atoms with E-state index in [1.807, 2.05) is 0 Å². The van der Waals surface area contributed by atoms with Gasteiger partial charge in [-0.05, 0) is 11.6 Å². The van der Waals surface area contributed by atoms with E-state index in [1.165, 1.54) is 19.2 Å². The molecule has 0 amide bonds. The Balaban J connectivity index is 3.30. The van der Waals surface area contributed by atoms with Crippen molar-refractivity contribution in [1.82, 2.24) is 0 Å². The lowest BCUT2D eigenvalue weighted by Crippen LogP contribution is -2.24. The zero-order valence-corrected chi connectivity index (χ0v) is 9.82. The maximum Gasteiger partial charge on any atom is 0.327 e. The molecule has 1 unspecified atom stereocenters. The number of ether oxygens (including phenoxy) is 1. The van der Waals surface area contributed by atoms with Crippen LogP contribution in [0.25, 0.3) is 0 Å². The first-order chi connectivity index (χ1) is 7.38. The van der Waals surface area contributed by atoms with Crippen LogP contribution < -0.4 is 5.73 Å². The van der Waals surface area contributed by atoms with Gasteiger partial charge >= 0.3 is 5.97 Å². The van der Waals surface area contributed by atoms with Gasteiger partial charge in [-0.2, -0.15) is 0 Å². The molecule has 0 spiro atoms. The molecule has 1 aromatic rings. The molecule has 0 saturated heterocycles. The molecule has 6 heteroatoms. The van der Waals surface area contributed by atoms with Crippen LogP contribution in [0.1, 0.15) is 11.6 Å². The van der Waals surface area contributed by atoms with Crippen LogP contribution >= 0.6 is 0 Å². The van der Waals surface area contributed by atoms with E-state index in [2.05, 4.69) is 4.74 Å². The number of hydrogen-bond acceptors (Lipinski definition) is 5. The Morgan fingerprint density at radius 3 is 2.44 bits per heavy atom. The largest absolute Gasteiger partial charge is 0.468 e. The van der Waals surface area contributed by atoms with Crippen LogP contribution in [0.2, 0.25) is 0 Å². The van der Waals surface area contributed by atoms with Crippen LogP contribution in [0, 0.1) is 0 Å². The molecule has 0 heterocycles. The number of esters is 1. The highest BCUT2D eigenvalue weighted by Crippen LogP contribution is 2.21. The van der Waals surface area contributed by atoms with Gasteiger partial charge in [0.05, 0.1) is 12.0 Å². The number of sulfone groups is 1. The van der Waals surface area contributed by atoms with Crippen LogP contribution in [0.15, 0.2) is 29.2 Å². The van der Waals surface area contributed by atoms with Crippen LogP contribution in [0.5, 0.6) is 0 Å². The van der Waals surface area contributed by atoms with E-state index in [9.17, 15) is 13.2 Å². The summed E-state index contributed by atoms with van der Waals surface area (Å²) in [6.45, 7) is 0. The first-order valence-electron chi connectivity index (χ1n) is 4.50. The van der Waals surface area contributed by atoms with Crippen molar-refractivity contribution < 1.29 is 17.9 Å². The molecule has 0 aromatic heterocycles. The Labute approximate surface area is 94.1 Å². The van der Waals surface area contributed by atoms with Gasteiger partial charge in [-0.15, -0.1) is 0 Å². The topological polar surface area (TPSA) is 86.5 Å². The third-order valence-corrected chi connectivity index (χ3v) is 3.28. The Morgan fingerprint density at radius 2 is 1.94 bits per heavy atom. The van der Waals surface area contributed by atoms with E-state index in [-0.39, 0.29) is 10.5 Å². The molecule has 5 nitrogen and oxygen atoms in total. The van der Waals surface area contributed by atoms with Crippen molar-refractivity contribution >= 4 is 15.8 Å². The summed E-state index contributed by atoms with van der Waals surface area (Å²) >= 11 is 0. The van der Waals surface area contributed by atoms with Gasteiger partial charge in [0.1, 0.15) is 6.04 Å². The lowest BCUT2D eigenvalue weighted by Gasteiger charge is -2.13. The molecular weight excluding hydrogens is 230 g/mol. The molecule has 2 N–H and O–H groups in total. The number of methoxy groups -OCH3 is 1. The van der Waals surface area contributed by atoms with Crippen LogP contribution in [0.4, 0.5) is 0 Å². The van der Waals surface area contributed by atoms with Crippen LogP contribution in [0.3, 0.4) is 0 Å². The van der Waals surface area contributed by atoms with E-state index in [4.69, 9.17) is 5.73 Å². The number of carbonyl (C=O) groups is 1. The maximum atomic E-state index is 11.5. The molecular formula is C10H13NO4S. The molecule has 1 aromatic carbocycles. The average molecular weight is 243 g/mol. The zero-order valence-electron chi connectivity index (χ0n) is 9.01. The minimum atomic E-state index is -3.41. The molecule has 0 aliphatic rings. The smallest absolute Gasteiger partial charge is 0.327 e. The Morgan fingerprint density at radius 1 is 1.38 bits per heavy atom. The van der Waals surface area contributed by atoms with E-state index in [0.29, 0.717) is 0 Å². The van der Waals surface area contributed by atoms with Crippen molar-refractivity contribution in [2.45, 2.75) is 10.9 Å². The van der Waals surface area contributed by atoms with Crippen LogP contribution in [-0.2, 0) is 19.4 Å². The van der Waals surface area contributed by atoms with Gasteiger partial charge in [0.15, 0.2) is 9.84 Å². The molecule has 0 saturated carbocycles.